The van der Waals surface area contributed by atoms with Crippen LogP contribution in [0.5, 0.6) is 0 Å². The molecule has 1 heterocycles. The molecule has 1 N–H and O–H groups in total. The molecular weight excluding hydrogens is 406 g/mol. The zero-order chi connectivity index (χ0) is 21.3. The normalized spacial score (nSPS) is 14.8. The lowest BCUT2D eigenvalue weighted by atomic mass is 9.84. The van der Waals surface area contributed by atoms with E-state index < -0.39 is 0 Å². The molecule has 1 saturated carbocycles. The Morgan fingerprint density at radius 2 is 1.47 bits per heavy atom. The number of para-hydroxylation sites is 2. The number of anilines is 2. The van der Waals surface area contributed by atoms with E-state index in [1.54, 1.807) is 5.56 Å². The Morgan fingerprint density at radius 1 is 0.656 bits per heavy atom. The van der Waals surface area contributed by atoms with E-state index in [2.05, 4.69) is 90.2 Å². The summed E-state index contributed by atoms with van der Waals surface area (Å²) in [5.74, 6) is 0.748. The lowest BCUT2D eigenvalue weighted by Gasteiger charge is -2.22. The van der Waals surface area contributed by atoms with Crippen molar-refractivity contribution in [2.75, 3.05) is 5.32 Å². The van der Waals surface area contributed by atoms with Crippen molar-refractivity contribution >= 4 is 42.9 Å². The SMILES string of the molecule is c1ccc(Nc2ccccc2-c2ccc3c(c2)sc2ccc(C4CCCCC4)cc23)cc1. The molecule has 0 spiro atoms. The smallest absolute Gasteiger partial charge is 0.0463 e. The molecule has 0 amide bonds. The topological polar surface area (TPSA) is 12.0 Å². The molecule has 0 unspecified atom stereocenters. The van der Waals surface area contributed by atoms with Crippen LogP contribution in [-0.4, -0.2) is 0 Å². The maximum absolute atomic E-state index is 3.59. The van der Waals surface area contributed by atoms with E-state index in [9.17, 15) is 0 Å². The number of fused-ring (bicyclic) bond motifs is 3. The van der Waals surface area contributed by atoms with Crippen LogP contribution in [0.2, 0.25) is 0 Å². The van der Waals surface area contributed by atoms with Gasteiger partial charge in [-0.3, -0.25) is 0 Å². The van der Waals surface area contributed by atoms with Gasteiger partial charge in [-0.15, -0.1) is 11.3 Å². The Labute approximate surface area is 193 Å². The molecule has 0 atom stereocenters. The molecule has 6 rings (SSSR count). The largest absolute Gasteiger partial charge is 0.355 e. The van der Waals surface area contributed by atoms with Crippen LogP contribution in [0, 0.1) is 0 Å². The molecule has 0 saturated heterocycles. The molecule has 158 valence electrons. The third-order valence-electron chi connectivity index (χ3n) is 6.86. The first kappa shape index (κ1) is 19.6. The van der Waals surface area contributed by atoms with Crippen LogP contribution in [0.4, 0.5) is 11.4 Å². The fraction of sp³-hybridized carbons (Fsp3) is 0.200. The fourth-order valence-electron chi connectivity index (χ4n) is 5.17. The van der Waals surface area contributed by atoms with Gasteiger partial charge in [0.05, 0.1) is 0 Å². The molecule has 1 nitrogen and oxygen atoms in total. The van der Waals surface area contributed by atoms with Gasteiger partial charge in [0.1, 0.15) is 0 Å². The zero-order valence-corrected chi connectivity index (χ0v) is 19.0. The van der Waals surface area contributed by atoms with Gasteiger partial charge in [-0.25, -0.2) is 0 Å². The summed E-state index contributed by atoms with van der Waals surface area (Å²) in [5, 5.41) is 6.41. The average Bonchev–Trinajstić information content (AvgIpc) is 3.22. The molecule has 0 aliphatic heterocycles. The Balaban J connectivity index is 1.39. The average molecular weight is 434 g/mol. The molecule has 1 aromatic heterocycles. The Hall–Kier alpha value is -3.10. The van der Waals surface area contributed by atoms with E-state index in [1.807, 2.05) is 17.4 Å². The van der Waals surface area contributed by atoms with Crippen molar-refractivity contribution < 1.29 is 0 Å². The van der Waals surface area contributed by atoms with Gasteiger partial charge >= 0.3 is 0 Å². The van der Waals surface area contributed by atoms with Gasteiger partial charge in [0.15, 0.2) is 0 Å². The van der Waals surface area contributed by atoms with Gasteiger partial charge in [-0.1, -0.05) is 73.9 Å². The molecule has 32 heavy (non-hydrogen) atoms. The second kappa shape index (κ2) is 8.44. The minimum atomic E-state index is 0.748. The van der Waals surface area contributed by atoms with E-state index >= 15 is 0 Å². The predicted molar refractivity (Wildman–Crippen MR) is 140 cm³/mol. The summed E-state index contributed by atoms with van der Waals surface area (Å²) >= 11 is 1.92. The van der Waals surface area contributed by atoms with Crippen molar-refractivity contribution in [1.29, 1.82) is 0 Å². The van der Waals surface area contributed by atoms with E-state index in [1.165, 1.54) is 63.4 Å². The van der Waals surface area contributed by atoms with Crippen molar-refractivity contribution in [3.05, 3.63) is 96.6 Å². The van der Waals surface area contributed by atoms with E-state index in [-0.39, 0.29) is 0 Å². The Kier molecular flexibility index (Phi) is 5.16. The van der Waals surface area contributed by atoms with Crippen LogP contribution in [-0.2, 0) is 0 Å². The van der Waals surface area contributed by atoms with Gasteiger partial charge in [0.2, 0.25) is 0 Å². The number of benzene rings is 4. The highest BCUT2D eigenvalue weighted by Gasteiger charge is 2.17. The molecule has 0 radical (unpaired) electrons. The number of hydrogen-bond acceptors (Lipinski definition) is 2. The summed E-state index contributed by atoms with van der Waals surface area (Å²) < 4.78 is 2.76. The second-order valence-corrected chi connectivity index (χ2v) is 10.0. The first-order chi connectivity index (χ1) is 15.8. The summed E-state index contributed by atoms with van der Waals surface area (Å²) in [6.45, 7) is 0. The van der Waals surface area contributed by atoms with Gasteiger partial charge in [-0.2, -0.15) is 0 Å². The van der Waals surface area contributed by atoms with Crippen molar-refractivity contribution in [1.82, 2.24) is 0 Å². The van der Waals surface area contributed by atoms with Crippen LogP contribution in [0.1, 0.15) is 43.6 Å². The number of nitrogens with one attached hydrogen (secondary N) is 1. The second-order valence-electron chi connectivity index (χ2n) is 8.94. The predicted octanol–water partition coefficient (Wildman–Crippen LogP) is 9.51. The monoisotopic (exact) mass is 433 g/mol. The van der Waals surface area contributed by atoms with Gasteiger partial charge < -0.3 is 5.32 Å². The highest BCUT2D eigenvalue weighted by atomic mass is 32.1. The van der Waals surface area contributed by atoms with Crippen LogP contribution in [0.15, 0.2) is 91.0 Å². The summed E-state index contributed by atoms with van der Waals surface area (Å²) in [5.41, 5.74) is 6.28. The van der Waals surface area contributed by atoms with Crippen molar-refractivity contribution in [3.8, 4) is 11.1 Å². The number of thiophene rings is 1. The maximum atomic E-state index is 3.59. The molecule has 5 aromatic rings. The molecular formula is C30H27NS. The standard InChI is InChI=1S/C30H27NS/c1-3-9-21(10-4-1)22-16-18-29-27(19-22)26-17-15-23(20-30(26)32-29)25-13-7-8-14-28(25)31-24-11-5-2-6-12-24/h2,5-8,11-21,31H,1,3-4,9-10H2. The van der Waals surface area contributed by atoms with Crippen LogP contribution >= 0.6 is 11.3 Å². The van der Waals surface area contributed by atoms with E-state index in [0.29, 0.717) is 0 Å². The number of rotatable bonds is 4. The first-order valence-electron chi connectivity index (χ1n) is 11.7. The third-order valence-corrected chi connectivity index (χ3v) is 8.00. The molecule has 1 aliphatic carbocycles. The van der Waals surface area contributed by atoms with Crippen molar-refractivity contribution in [3.63, 3.8) is 0 Å². The van der Waals surface area contributed by atoms with Crippen LogP contribution in [0.3, 0.4) is 0 Å². The molecule has 1 fully saturated rings. The zero-order valence-electron chi connectivity index (χ0n) is 18.2. The third kappa shape index (κ3) is 3.69. The van der Waals surface area contributed by atoms with E-state index in [0.717, 1.165) is 17.3 Å². The first-order valence-corrected chi connectivity index (χ1v) is 12.5. The molecule has 4 aromatic carbocycles. The molecule has 2 heteroatoms. The van der Waals surface area contributed by atoms with Gasteiger partial charge in [0.25, 0.3) is 0 Å². The molecule has 1 aliphatic rings. The Morgan fingerprint density at radius 3 is 2.34 bits per heavy atom. The highest BCUT2D eigenvalue weighted by Crippen LogP contribution is 2.41. The lowest BCUT2D eigenvalue weighted by Crippen LogP contribution is -2.03. The lowest BCUT2D eigenvalue weighted by molar-refractivity contribution is 0.444. The van der Waals surface area contributed by atoms with E-state index in [4.69, 9.17) is 0 Å². The maximum Gasteiger partial charge on any atom is 0.0463 e. The quantitative estimate of drug-likeness (QED) is 0.297. The van der Waals surface area contributed by atoms with Gasteiger partial charge in [0, 0.05) is 37.1 Å². The minimum Gasteiger partial charge on any atom is -0.355 e. The fourth-order valence-corrected chi connectivity index (χ4v) is 6.30. The Bertz CT molecular complexity index is 1380. The van der Waals surface area contributed by atoms with Crippen molar-refractivity contribution in [2.45, 2.75) is 38.0 Å². The van der Waals surface area contributed by atoms with Crippen LogP contribution in [0.25, 0.3) is 31.3 Å². The number of hydrogen-bond donors (Lipinski definition) is 1. The summed E-state index contributed by atoms with van der Waals surface area (Å²) in [7, 11) is 0. The van der Waals surface area contributed by atoms with Crippen LogP contribution < -0.4 is 5.32 Å². The molecule has 0 bridgehead atoms. The summed E-state index contributed by atoms with van der Waals surface area (Å²) in [6, 6.07) is 33.2. The summed E-state index contributed by atoms with van der Waals surface area (Å²) in [4.78, 5) is 0. The summed E-state index contributed by atoms with van der Waals surface area (Å²) in [6.07, 6.45) is 6.87. The van der Waals surface area contributed by atoms with Gasteiger partial charge in [-0.05, 0) is 66.3 Å². The minimum absolute atomic E-state index is 0.748. The van der Waals surface area contributed by atoms with Crippen molar-refractivity contribution in [2.24, 2.45) is 0 Å². The highest BCUT2D eigenvalue weighted by molar-refractivity contribution is 7.25.